The van der Waals surface area contributed by atoms with Crippen LogP contribution in [0.3, 0.4) is 0 Å². The normalized spacial score (nSPS) is 32.1. The summed E-state index contributed by atoms with van der Waals surface area (Å²) in [5, 5.41) is 0. The minimum Gasteiger partial charge on any atom is -0.181 e. The molecular weight excluding hydrogens is 302 g/mol. The zero-order valence-corrected chi connectivity index (χ0v) is 14.2. The summed E-state index contributed by atoms with van der Waals surface area (Å²) in [4.78, 5) is 0. The van der Waals surface area contributed by atoms with Gasteiger partial charge in [0.05, 0.1) is 5.56 Å². The number of benzene rings is 2. The van der Waals surface area contributed by atoms with E-state index in [4.69, 9.17) is 0 Å². The van der Waals surface area contributed by atoms with Gasteiger partial charge in [-0.1, -0.05) is 42.5 Å². The van der Waals surface area contributed by atoms with Gasteiger partial charge in [0.25, 0.3) is 0 Å². The Balaban J connectivity index is 1.73. The highest BCUT2D eigenvalue weighted by Crippen LogP contribution is 2.65. The van der Waals surface area contributed by atoms with Crippen molar-refractivity contribution in [3.63, 3.8) is 0 Å². The van der Waals surface area contributed by atoms with Gasteiger partial charge in [0.2, 0.25) is 11.2 Å². The van der Waals surface area contributed by atoms with Crippen molar-refractivity contribution >= 4 is 0 Å². The van der Waals surface area contributed by atoms with Crippen molar-refractivity contribution in [2.45, 2.75) is 30.7 Å². The first-order chi connectivity index (χ1) is 12.4. The van der Waals surface area contributed by atoms with Gasteiger partial charge in [0.1, 0.15) is 0 Å². The van der Waals surface area contributed by atoms with Crippen molar-refractivity contribution < 1.29 is 4.57 Å². The van der Waals surface area contributed by atoms with Gasteiger partial charge in [-0.05, 0) is 42.4 Å². The largest absolute Gasteiger partial charge is 0.224 e. The molecule has 120 valence electrons. The average Bonchev–Trinajstić information content (AvgIpc) is 3.31. The van der Waals surface area contributed by atoms with E-state index in [9.17, 15) is 0 Å². The van der Waals surface area contributed by atoms with Crippen molar-refractivity contribution in [2.75, 3.05) is 0 Å². The average molecular weight is 322 g/mol. The molecule has 0 amide bonds. The van der Waals surface area contributed by atoms with Gasteiger partial charge >= 0.3 is 0 Å². The van der Waals surface area contributed by atoms with Crippen LogP contribution in [0.1, 0.15) is 41.1 Å². The van der Waals surface area contributed by atoms with E-state index in [1.54, 1.807) is 16.7 Å². The number of hydrogen-bond acceptors (Lipinski definition) is 0. The predicted octanol–water partition coefficient (Wildman–Crippen LogP) is 4.43. The molecule has 0 N–H and O–H groups in total. The summed E-state index contributed by atoms with van der Waals surface area (Å²) in [7, 11) is 0. The highest BCUT2D eigenvalue weighted by Gasteiger charge is 2.70. The predicted molar refractivity (Wildman–Crippen MR) is 97.4 cm³/mol. The maximum atomic E-state index is 2.74. The lowest BCUT2D eigenvalue weighted by Crippen LogP contribution is -2.64. The Labute approximate surface area is 148 Å². The Hall–Kier alpha value is -2.41. The first kappa shape index (κ1) is 12.9. The van der Waals surface area contributed by atoms with E-state index in [2.05, 4.69) is 71.3 Å². The van der Waals surface area contributed by atoms with Crippen LogP contribution < -0.4 is 4.57 Å². The highest BCUT2D eigenvalue weighted by molar-refractivity contribution is 5.70. The second-order valence-corrected chi connectivity index (χ2v) is 8.31. The van der Waals surface area contributed by atoms with Crippen LogP contribution in [0.25, 0.3) is 11.3 Å². The van der Waals surface area contributed by atoms with Gasteiger partial charge in [-0.15, -0.1) is 0 Å². The third kappa shape index (κ3) is 1.21. The first-order valence-electron chi connectivity index (χ1n) is 9.64. The lowest BCUT2D eigenvalue weighted by molar-refractivity contribution is -0.749. The fraction of sp³-hybridized carbons (Fsp3) is 0.292. The summed E-state index contributed by atoms with van der Waals surface area (Å²) in [6.07, 6.45) is 4.00. The van der Waals surface area contributed by atoms with Gasteiger partial charge in [-0.2, -0.15) is 4.57 Å². The van der Waals surface area contributed by atoms with E-state index < -0.39 is 0 Å². The second kappa shape index (κ2) is 4.04. The van der Waals surface area contributed by atoms with Crippen LogP contribution in [0, 0.1) is 11.8 Å². The topological polar surface area (TPSA) is 3.88 Å². The van der Waals surface area contributed by atoms with Crippen LogP contribution in [0.4, 0.5) is 0 Å². The first-order valence-corrected chi connectivity index (χ1v) is 9.64. The number of nitrogens with zero attached hydrogens (tertiary/aromatic N) is 1. The van der Waals surface area contributed by atoms with Crippen LogP contribution in [0.5, 0.6) is 0 Å². The third-order valence-electron chi connectivity index (χ3n) is 7.55. The lowest BCUT2D eigenvalue weighted by Gasteiger charge is -2.37. The Kier molecular flexibility index (Phi) is 2.08. The zero-order valence-electron chi connectivity index (χ0n) is 14.2. The van der Waals surface area contributed by atoms with E-state index in [1.165, 1.54) is 36.2 Å². The molecule has 2 aliphatic heterocycles. The molecule has 7 rings (SSSR count). The van der Waals surface area contributed by atoms with Crippen molar-refractivity contribution in [3.8, 4) is 11.3 Å². The van der Waals surface area contributed by atoms with Crippen molar-refractivity contribution in [3.05, 3.63) is 89.1 Å². The Bertz CT molecular complexity index is 1070. The van der Waals surface area contributed by atoms with E-state index >= 15 is 0 Å². The van der Waals surface area contributed by atoms with Gasteiger partial charge < -0.3 is 0 Å². The summed E-state index contributed by atoms with van der Waals surface area (Å²) in [5.41, 5.74) is 9.21. The van der Waals surface area contributed by atoms with Gasteiger partial charge in [-0.25, -0.2) is 0 Å². The number of aromatic nitrogens is 1. The lowest BCUT2D eigenvalue weighted by atomic mass is 9.69. The Morgan fingerprint density at radius 2 is 1.64 bits per heavy atom. The maximum absolute atomic E-state index is 2.74. The Morgan fingerprint density at radius 1 is 0.800 bits per heavy atom. The van der Waals surface area contributed by atoms with Crippen LogP contribution in [0.15, 0.2) is 66.7 Å². The number of fused-ring (bicyclic) bond motifs is 4. The summed E-state index contributed by atoms with van der Waals surface area (Å²) < 4.78 is 2.74. The molecule has 1 aromatic heterocycles. The van der Waals surface area contributed by atoms with Gasteiger partial charge in [-0.3, -0.25) is 0 Å². The van der Waals surface area contributed by atoms with Crippen molar-refractivity contribution in [2.24, 2.45) is 11.8 Å². The molecule has 2 aliphatic carbocycles. The van der Waals surface area contributed by atoms with Crippen LogP contribution in [-0.4, -0.2) is 0 Å². The molecule has 3 heterocycles. The summed E-state index contributed by atoms with van der Waals surface area (Å²) in [6.45, 7) is 0. The van der Waals surface area contributed by atoms with Gasteiger partial charge in [0.15, 0.2) is 5.69 Å². The minimum atomic E-state index is 0.0448. The zero-order chi connectivity index (χ0) is 16.2. The number of hydrogen-bond donors (Lipinski definition) is 0. The molecule has 0 saturated heterocycles. The molecule has 1 spiro atoms. The monoisotopic (exact) mass is 322 g/mol. The van der Waals surface area contributed by atoms with Crippen molar-refractivity contribution in [1.29, 1.82) is 0 Å². The van der Waals surface area contributed by atoms with E-state index in [-0.39, 0.29) is 5.54 Å². The molecule has 2 aromatic carbocycles. The van der Waals surface area contributed by atoms with E-state index in [0.29, 0.717) is 0 Å². The molecule has 1 heteroatoms. The SMILES string of the molecule is c1ccc2c(c1)-c1cccc3[n+]1C21c2ccccc2C2CCC(C3)C21. The van der Waals surface area contributed by atoms with Crippen LogP contribution in [-0.2, 0) is 12.0 Å². The van der Waals surface area contributed by atoms with Crippen LogP contribution in [0.2, 0.25) is 0 Å². The quantitative estimate of drug-likeness (QED) is 0.539. The fourth-order valence-corrected chi connectivity index (χ4v) is 7.00. The molecule has 4 aliphatic rings. The summed E-state index contributed by atoms with van der Waals surface area (Å²) >= 11 is 0. The number of rotatable bonds is 0. The highest BCUT2D eigenvalue weighted by atomic mass is 15.1. The second-order valence-electron chi connectivity index (χ2n) is 8.31. The molecule has 4 unspecified atom stereocenters. The molecule has 1 fully saturated rings. The molecular formula is C24H20N+. The Morgan fingerprint density at radius 3 is 2.60 bits per heavy atom. The standard InChI is InChI=1S/C24H20N/c1-3-9-20-17(7-1)18-13-12-15-14-16-6-5-11-22-19-8-2-4-10-21(19)24(20,23(15)18)25(16)22/h1-11,15,18,23H,12-14H2/q+1. The molecule has 3 aromatic rings. The molecule has 25 heavy (non-hydrogen) atoms. The van der Waals surface area contributed by atoms with Gasteiger partial charge in [0, 0.05) is 35.6 Å². The molecule has 0 radical (unpaired) electrons. The molecule has 1 nitrogen and oxygen atoms in total. The van der Waals surface area contributed by atoms with Crippen molar-refractivity contribution in [1.82, 2.24) is 0 Å². The van der Waals surface area contributed by atoms with E-state index in [0.717, 1.165) is 17.8 Å². The number of pyridine rings is 1. The summed E-state index contributed by atoms with van der Waals surface area (Å²) in [6, 6.07) is 25.5. The van der Waals surface area contributed by atoms with Crippen LogP contribution >= 0.6 is 0 Å². The van der Waals surface area contributed by atoms with E-state index in [1.807, 2.05) is 0 Å². The minimum absolute atomic E-state index is 0.0448. The third-order valence-corrected chi connectivity index (χ3v) is 7.55. The smallest absolute Gasteiger partial charge is 0.181 e. The molecule has 1 saturated carbocycles. The fourth-order valence-electron chi connectivity index (χ4n) is 7.00. The molecule has 0 bridgehead atoms. The summed E-state index contributed by atoms with van der Waals surface area (Å²) in [5.74, 6) is 2.28. The maximum Gasteiger partial charge on any atom is 0.224 e. The molecule has 4 atom stereocenters.